The lowest BCUT2D eigenvalue weighted by Crippen LogP contribution is -2.48. The molecule has 0 N–H and O–H groups in total. The van der Waals surface area contributed by atoms with Crippen LogP contribution in [0.15, 0.2) is 18.2 Å². The number of hydrogen-bond acceptors (Lipinski definition) is 8. The van der Waals surface area contributed by atoms with Crippen molar-refractivity contribution in [2.75, 3.05) is 66.7 Å². The average molecular weight is 425 g/mol. The summed E-state index contributed by atoms with van der Waals surface area (Å²) < 4.78 is 20.1. The first kappa shape index (κ1) is 25.7. The molecule has 1 aliphatic rings. The van der Waals surface area contributed by atoms with Crippen LogP contribution in [0.5, 0.6) is 11.5 Å². The molecule has 8 heteroatoms. The molecule has 0 unspecified atom stereocenters. The Hall–Kier alpha value is -2.32. The molecule has 1 fully saturated rings. The fourth-order valence-electron chi connectivity index (χ4n) is 2.97. The van der Waals surface area contributed by atoms with Crippen molar-refractivity contribution in [1.29, 1.82) is 0 Å². The molecule has 1 saturated heterocycles. The molecular weight excluding hydrogens is 388 g/mol. The molecular formula is C22H36N2O6. The average Bonchev–Trinajstić information content (AvgIpc) is 2.74. The molecule has 0 radical (unpaired) electrons. The van der Waals surface area contributed by atoms with Crippen LogP contribution in [-0.2, 0) is 25.5 Å². The lowest BCUT2D eigenvalue weighted by Gasteiger charge is -2.34. The second-order valence-electron chi connectivity index (χ2n) is 6.91. The SMILES string of the molecule is CC(=O)OCCN1CCN(CCOC(C)=O)CC1.CCc1ccc(OC)c(OC)c1. The number of methoxy groups -OCH3 is 2. The minimum absolute atomic E-state index is 0.227. The third-order valence-electron chi connectivity index (χ3n) is 4.75. The Bertz CT molecular complexity index is 617. The van der Waals surface area contributed by atoms with Crippen LogP contribution in [0.1, 0.15) is 26.3 Å². The second-order valence-corrected chi connectivity index (χ2v) is 6.91. The summed E-state index contributed by atoms with van der Waals surface area (Å²) in [5.41, 5.74) is 1.26. The van der Waals surface area contributed by atoms with Crippen LogP contribution in [0.4, 0.5) is 0 Å². The van der Waals surface area contributed by atoms with Gasteiger partial charge in [-0.2, -0.15) is 0 Å². The fraction of sp³-hybridized carbons (Fsp3) is 0.636. The first-order valence-electron chi connectivity index (χ1n) is 10.3. The van der Waals surface area contributed by atoms with E-state index >= 15 is 0 Å². The molecule has 2 rings (SSSR count). The quantitative estimate of drug-likeness (QED) is 0.557. The van der Waals surface area contributed by atoms with Gasteiger partial charge in [-0.05, 0) is 24.1 Å². The van der Waals surface area contributed by atoms with Crippen LogP contribution >= 0.6 is 0 Å². The van der Waals surface area contributed by atoms with E-state index in [1.165, 1.54) is 19.4 Å². The number of benzene rings is 1. The molecule has 0 amide bonds. The normalized spacial score (nSPS) is 14.3. The summed E-state index contributed by atoms with van der Waals surface area (Å²) in [6.45, 7) is 11.3. The van der Waals surface area contributed by atoms with Crippen LogP contribution in [0.3, 0.4) is 0 Å². The Labute approximate surface area is 180 Å². The third-order valence-corrected chi connectivity index (χ3v) is 4.75. The van der Waals surface area contributed by atoms with Gasteiger partial charge in [-0.15, -0.1) is 0 Å². The van der Waals surface area contributed by atoms with Crippen LogP contribution in [0, 0.1) is 0 Å². The maximum absolute atomic E-state index is 10.6. The summed E-state index contributed by atoms with van der Waals surface area (Å²) in [5.74, 6) is 1.14. The van der Waals surface area contributed by atoms with E-state index in [0.29, 0.717) is 13.2 Å². The largest absolute Gasteiger partial charge is 0.493 e. The number of aryl methyl sites for hydroxylation is 1. The van der Waals surface area contributed by atoms with Gasteiger partial charge in [0.05, 0.1) is 14.2 Å². The monoisotopic (exact) mass is 424 g/mol. The highest BCUT2D eigenvalue weighted by molar-refractivity contribution is 5.66. The fourth-order valence-corrected chi connectivity index (χ4v) is 2.97. The van der Waals surface area contributed by atoms with Gasteiger partial charge < -0.3 is 18.9 Å². The molecule has 170 valence electrons. The third kappa shape index (κ3) is 10.5. The molecule has 30 heavy (non-hydrogen) atoms. The van der Waals surface area contributed by atoms with Crippen LogP contribution in [-0.4, -0.2) is 88.4 Å². The number of ether oxygens (including phenoxy) is 4. The zero-order valence-electron chi connectivity index (χ0n) is 18.9. The van der Waals surface area contributed by atoms with Crippen molar-refractivity contribution < 1.29 is 28.5 Å². The molecule has 8 nitrogen and oxygen atoms in total. The van der Waals surface area contributed by atoms with Crippen molar-refractivity contribution in [3.63, 3.8) is 0 Å². The summed E-state index contributed by atoms with van der Waals surface area (Å²) in [6.07, 6.45) is 1.01. The van der Waals surface area contributed by atoms with E-state index in [2.05, 4.69) is 16.7 Å². The molecule has 0 aromatic heterocycles. The van der Waals surface area contributed by atoms with Crippen LogP contribution < -0.4 is 9.47 Å². The highest BCUT2D eigenvalue weighted by atomic mass is 16.5. The van der Waals surface area contributed by atoms with Crippen molar-refractivity contribution in [2.24, 2.45) is 0 Å². The number of esters is 2. The first-order valence-corrected chi connectivity index (χ1v) is 10.3. The maximum Gasteiger partial charge on any atom is 0.302 e. The Kier molecular flexibility index (Phi) is 12.5. The van der Waals surface area contributed by atoms with Gasteiger partial charge in [-0.3, -0.25) is 19.4 Å². The summed E-state index contributed by atoms with van der Waals surface area (Å²) in [6, 6.07) is 5.97. The van der Waals surface area contributed by atoms with E-state index in [4.69, 9.17) is 18.9 Å². The van der Waals surface area contributed by atoms with Crippen molar-refractivity contribution in [3.8, 4) is 11.5 Å². The predicted molar refractivity (Wildman–Crippen MR) is 115 cm³/mol. The number of nitrogens with zero attached hydrogens (tertiary/aromatic N) is 2. The molecule has 0 spiro atoms. The number of piperazine rings is 1. The Morgan fingerprint density at radius 2 is 1.30 bits per heavy atom. The lowest BCUT2D eigenvalue weighted by atomic mass is 10.1. The van der Waals surface area contributed by atoms with Crippen molar-refractivity contribution in [2.45, 2.75) is 27.2 Å². The Morgan fingerprint density at radius 1 is 0.833 bits per heavy atom. The van der Waals surface area contributed by atoms with Gasteiger partial charge in [-0.1, -0.05) is 13.0 Å². The topological polar surface area (TPSA) is 77.5 Å². The van der Waals surface area contributed by atoms with Gasteiger partial charge in [0.1, 0.15) is 13.2 Å². The van der Waals surface area contributed by atoms with E-state index < -0.39 is 0 Å². The van der Waals surface area contributed by atoms with Crippen molar-refractivity contribution in [1.82, 2.24) is 9.80 Å². The summed E-state index contributed by atoms with van der Waals surface area (Å²) >= 11 is 0. The molecule has 1 aromatic rings. The standard InChI is InChI=1S/C12H22N2O4.C10H14O2/c1-11(15)17-9-7-13-3-5-14(6-4-13)8-10-18-12(2)16;1-4-8-5-6-9(11-2)10(7-8)12-3/h3-10H2,1-2H3;5-7H,4H2,1-3H3. The predicted octanol–water partition coefficient (Wildman–Crippen LogP) is 2.00. The van der Waals surface area contributed by atoms with Gasteiger partial charge in [0.2, 0.25) is 0 Å². The van der Waals surface area contributed by atoms with Gasteiger partial charge in [0.25, 0.3) is 0 Å². The smallest absolute Gasteiger partial charge is 0.302 e. The minimum Gasteiger partial charge on any atom is -0.493 e. The zero-order valence-corrected chi connectivity index (χ0v) is 18.9. The van der Waals surface area contributed by atoms with Gasteiger partial charge in [0.15, 0.2) is 11.5 Å². The second kappa shape index (κ2) is 14.6. The molecule has 0 aliphatic carbocycles. The summed E-state index contributed by atoms with van der Waals surface area (Å²) in [7, 11) is 3.29. The Morgan fingerprint density at radius 3 is 1.67 bits per heavy atom. The number of rotatable bonds is 9. The zero-order chi connectivity index (χ0) is 22.4. The summed E-state index contributed by atoms with van der Waals surface area (Å²) in [5, 5.41) is 0. The lowest BCUT2D eigenvalue weighted by molar-refractivity contribution is -0.142. The number of carbonyl (C=O) groups is 2. The van der Waals surface area contributed by atoms with Crippen LogP contribution in [0.25, 0.3) is 0 Å². The van der Waals surface area contributed by atoms with E-state index in [1.807, 2.05) is 18.2 Å². The van der Waals surface area contributed by atoms with Crippen molar-refractivity contribution in [3.05, 3.63) is 23.8 Å². The number of hydrogen-bond donors (Lipinski definition) is 0. The van der Waals surface area contributed by atoms with E-state index in [1.54, 1.807) is 14.2 Å². The first-order chi connectivity index (χ1) is 14.4. The van der Waals surface area contributed by atoms with Crippen molar-refractivity contribution >= 4 is 11.9 Å². The highest BCUT2D eigenvalue weighted by Crippen LogP contribution is 2.27. The van der Waals surface area contributed by atoms with E-state index in [9.17, 15) is 9.59 Å². The van der Waals surface area contributed by atoms with Gasteiger partial charge in [-0.25, -0.2) is 0 Å². The van der Waals surface area contributed by atoms with E-state index in [0.717, 1.165) is 57.2 Å². The molecule has 0 saturated carbocycles. The molecule has 1 heterocycles. The molecule has 0 bridgehead atoms. The molecule has 1 aliphatic heterocycles. The highest BCUT2D eigenvalue weighted by Gasteiger charge is 2.16. The minimum atomic E-state index is -0.227. The van der Waals surface area contributed by atoms with E-state index in [-0.39, 0.29) is 11.9 Å². The van der Waals surface area contributed by atoms with Gasteiger partial charge in [0, 0.05) is 53.1 Å². The Balaban J connectivity index is 0.000000325. The summed E-state index contributed by atoms with van der Waals surface area (Å²) in [4.78, 5) is 25.8. The number of carbonyl (C=O) groups excluding carboxylic acids is 2. The maximum atomic E-state index is 10.6. The molecule has 0 atom stereocenters. The molecule has 1 aromatic carbocycles. The van der Waals surface area contributed by atoms with Crippen LogP contribution in [0.2, 0.25) is 0 Å². The van der Waals surface area contributed by atoms with Gasteiger partial charge >= 0.3 is 11.9 Å².